The molecule has 0 amide bonds. The van der Waals surface area contributed by atoms with E-state index in [0.717, 1.165) is 19.3 Å². The maximum atomic E-state index is 12.1. The van der Waals surface area contributed by atoms with Crippen molar-refractivity contribution >= 4 is 5.78 Å². The van der Waals surface area contributed by atoms with E-state index in [4.69, 9.17) is 4.74 Å². The largest absolute Gasteiger partial charge is 0.497 e. The Labute approximate surface area is 119 Å². The second-order valence-electron chi connectivity index (χ2n) is 5.42. The molecule has 2 atom stereocenters. The van der Waals surface area contributed by atoms with Crippen molar-refractivity contribution in [3.8, 4) is 5.75 Å². The molecule has 2 rings (SSSR count). The first-order valence-corrected chi connectivity index (χ1v) is 7.15. The highest BCUT2D eigenvalue weighted by Gasteiger charge is 2.30. The molecule has 1 aromatic rings. The second kappa shape index (κ2) is 6.86. The van der Waals surface area contributed by atoms with Gasteiger partial charge in [0.2, 0.25) is 0 Å². The summed E-state index contributed by atoms with van der Waals surface area (Å²) in [7, 11) is 1.57. The second-order valence-corrected chi connectivity index (χ2v) is 5.42. The predicted molar refractivity (Wildman–Crippen MR) is 75.9 cm³/mol. The molecule has 110 valence electrons. The lowest BCUT2D eigenvalue weighted by molar-refractivity contribution is -0.0268. The number of hydrogen-bond donors (Lipinski definition) is 2. The van der Waals surface area contributed by atoms with Crippen molar-refractivity contribution in [3.63, 3.8) is 0 Å². The number of rotatable bonds is 5. The predicted octanol–water partition coefficient (Wildman–Crippen LogP) is 2.18. The van der Waals surface area contributed by atoms with Crippen LogP contribution in [0.15, 0.2) is 24.3 Å². The molecular weight excluding hydrogens is 256 g/mol. The molecule has 0 saturated heterocycles. The first kappa shape index (κ1) is 15.0. The van der Waals surface area contributed by atoms with Crippen LogP contribution in [0.2, 0.25) is 0 Å². The van der Waals surface area contributed by atoms with E-state index >= 15 is 0 Å². The smallest absolute Gasteiger partial charge is 0.163 e. The highest BCUT2D eigenvalue weighted by Crippen LogP contribution is 2.29. The number of aliphatic hydroxyl groups excluding tert-OH is 2. The van der Waals surface area contributed by atoms with Gasteiger partial charge in [0.05, 0.1) is 19.3 Å². The third kappa shape index (κ3) is 3.58. The number of Topliss-reactive ketones (excluding diaryl/α,β-unsaturated/α-hetero) is 1. The van der Waals surface area contributed by atoms with Gasteiger partial charge in [-0.15, -0.1) is 0 Å². The van der Waals surface area contributed by atoms with Crippen molar-refractivity contribution in [2.24, 2.45) is 5.92 Å². The van der Waals surface area contributed by atoms with E-state index in [1.54, 1.807) is 31.4 Å². The monoisotopic (exact) mass is 278 g/mol. The van der Waals surface area contributed by atoms with Gasteiger partial charge in [0.1, 0.15) is 5.75 Å². The molecule has 4 heteroatoms. The summed E-state index contributed by atoms with van der Waals surface area (Å²) in [5.41, 5.74) is 0.615. The van der Waals surface area contributed by atoms with Crippen molar-refractivity contribution in [2.75, 3.05) is 7.11 Å². The van der Waals surface area contributed by atoms with Crippen LogP contribution in [-0.2, 0) is 0 Å². The zero-order valence-corrected chi connectivity index (χ0v) is 11.8. The first-order chi connectivity index (χ1) is 9.61. The van der Waals surface area contributed by atoms with E-state index in [2.05, 4.69) is 0 Å². The van der Waals surface area contributed by atoms with E-state index in [-0.39, 0.29) is 11.7 Å². The summed E-state index contributed by atoms with van der Waals surface area (Å²) in [6, 6.07) is 7.07. The Hall–Kier alpha value is -1.39. The molecule has 2 N–H and O–H groups in total. The van der Waals surface area contributed by atoms with Gasteiger partial charge in [0, 0.05) is 17.9 Å². The van der Waals surface area contributed by atoms with Crippen LogP contribution in [0.3, 0.4) is 0 Å². The number of hydrogen-bond acceptors (Lipinski definition) is 4. The molecule has 1 aliphatic carbocycles. The van der Waals surface area contributed by atoms with E-state index in [1.807, 2.05) is 0 Å². The van der Waals surface area contributed by atoms with Crippen molar-refractivity contribution in [2.45, 2.75) is 44.3 Å². The Morgan fingerprint density at radius 1 is 1.30 bits per heavy atom. The number of ether oxygens (including phenoxy) is 1. The number of carbonyl (C=O) groups excluding carboxylic acids is 1. The minimum absolute atomic E-state index is 0.0221. The van der Waals surface area contributed by atoms with Crippen LogP contribution in [0.4, 0.5) is 0 Å². The maximum Gasteiger partial charge on any atom is 0.163 e. The molecule has 4 nitrogen and oxygen atoms in total. The van der Waals surface area contributed by atoms with Gasteiger partial charge in [-0.3, -0.25) is 4.79 Å². The number of benzene rings is 1. The number of carbonyl (C=O) groups is 1. The van der Waals surface area contributed by atoms with Gasteiger partial charge in [0.15, 0.2) is 5.78 Å². The third-order valence-corrected chi connectivity index (χ3v) is 4.08. The van der Waals surface area contributed by atoms with Crippen LogP contribution in [-0.4, -0.2) is 35.3 Å². The van der Waals surface area contributed by atoms with Crippen molar-refractivity contribution in [1.29, 1.82) is 0 Å². The number of aliphatic hydroxyl groups is 2. The van der Waals surface area contributed by atoms with Gasteiger partial charge in [-0.05, 0) is 37.8 Å². The average Bonchev–Trinajstić information content (AvgIpc) is 2.46. The lowest BCUT2D eigenvalue weighted by atomic mass is 9.80. The Kier molecular flexibility index (Phi) is 5.15. The molecule has 1 saturated carbocycles. The molecule has 1 fully saturated rings. The molecule has 0 aromatic heterocycles. The topological polar surface area (TPSA) is 66.8 Å². The van der Waals surface area contributed by atoms with Crippen molar-refractivity contribution in [3.05, 3.63) is 29.8 Å². The summed E-state index contributed by atoms with van der Waals surface area (Å²) in [5.74, 6) is 0.501. The van der Waals surface area contributed by atoms with Crippen molar-refractivity contribution in [1.82, 2.24) is 0 Å². The van der Waals surface area contributed by atoms with E-state index in [0.29, 0.717) is 24.2 Å². The SMILES string of the molecule is COc1cccc(C(=O)CCC2C(O)CCCC2O)c1. The Bertz CT molecular complexity index is 448. The Morgan fingerprint density at radius 2 is 2.00 bits per heavy atom. The molecule has 0 bridgehead atoms. The van der Waals surface area contributed by atoms with Crippen LogP contribution in [0.25, 0.3) is 0 Å². The molecule has 1 aromatic carbocycles. The summed E-state index contributed by atoms with van der Waals surface area (Å²) < 4.78 is 5.10. The van der Waals surface area contributed by atoms with Crippen LogP contribution in [0.5, 0.6) is 5.75 Å². The van der Waals surface area contributed by atoms with E-state index in [9.17, 15) is 15.0 Å². The first-order valence-electron chi connectivity index (χ1n) is 7.15. The Morgan fingerprint density at radius 3 is 2.65 bits per heavy atom. The van der Waals surface area contributed by atoms with Crippen molar-refractivity contribution < 1.29 is 19.7 Å². The number of methoxy groups -OCH3 is 1. The summed E-state index contributed by atoms with van der Waals surface area (Å²) in [5, 5.41) is 19.8. The molecule has 0 spiro atoms. The zero-order valence-electron chi connectivity index (χ0n) is 11.8. The van der Waals surface area contributed by atoms with Gasteiger partial charge in [-0.1, -0.05) is 12.1 Å². The van der Waals surface area contributed by atoms with Gasteiger partial charge < -0.3 is 14.9 Å². The van der Waals surface area contributed by atoms with E-state index < -0.39 is 12.2 Å². The molecule has 0 heterocycles. The summed E-state index contributed by atoms with van der Waals surface area (Å²) >= 11 is 0. The molecular formula is C16H22O4. The lowest BCUT2D eigenvalue weighted by Crippen LogP contribution is -2.36. The minimum Gasteiger partial charge on any atom is -0.497 e. The van der Waals surface area contributed by atoms with Gasteiger partial charge in [0.25, 0.3) is 0 Å². The fraction of sp³-hybridized carbons (Fsp3) is 0.562. The zero-order chi connectivity index (χ0) is 14.5. The van der Waals surface area contributed by atoms with Crippen LogP contribution < -0.4 is 4.74 Å². The molecule has 0 aliphatic heterocycles. The quantitative estimate of drug-likeness (QED) is 0.810. The summed E-state index contributed by atoms with van der Waals surface area (Å²) in [6.45, 7) is 0. The van der Waals surface area contributed by atoms with Crippen LogP contribution in [0, 0.1) is 5.92 Å². The molecule has 1 aliphatic rings. The summed E-state index contributed by atoms with van der Waals surface area (Å²) in [6.07, 6.45) is 2.17. The van der Waals surface area contributed by atoms with Gasteiger partial charge >= 0.3 is 0 Å². The number of ketones is 1. The Balaban J connectivity index is 1.94. The fourth-order valence-corrected chi connectivity index (χ4v) is 2.84. The standard InChI is InChI=1S/C16H22O4/c1-20-12-5-2-4-11(10-12)14(17)9-8-13-15(18)6-3-7-16(13)19/h2,4-5,10,13,15-16,18-19H,3,6-9H2,1H3. The maximum absolute atomic E-state index is 12.1. The average molecular weight is 278 g/mol. The third-order valence-electron chi connectivity index (χ3n) is 4.08. The molecule has 0 radical (unpaired) electrons. The normalized spacial score (nSPS) is 26.2. The van der Waals surface area contributed by atoms with Crippen LogP contribution in [0.1, 0.15) is 42.5 Å². The van der Waals surface area contributed by atoms with Crippen LogP contribution >= 0.6 is 0 Å². The lowest BCUT2D eigenvalue weighted by Gasteiger charge is -2.32. The highest BCUT2D eigenvalue weighted by atomic mass is 16.5. The minimum atomic E-state index is -0.489. The summed E-state index contributed by atoms with van der Waals surface area (Å²) in [4.78, 5) is 12.1. The fourth-order valence-electron chi connectivity index (χ4n) is 2.84. The van der Waals surface area contributed by atoms with Gasteiger partial charge in [-0.25, -0.2) is 0 Å². The molecule has 20 heavy (non-hydrogen) atoms. The highest BCUT2D eigenvalue weighted by molar-refractivity contribution is 5.96. The molecule has 2 unspecified atom stereocenters. The van der Waals surface area contributed by atoms with E-state index in [1.165, 1.54) is 0 Å². The van der Waals surface area contributed by atoms with Gasteiger partial charge in [-0.2, -0.15) is 0 Å².